The first-order valence-corrected chi connectivity index (χ1v) is 5.64. The SMILES string of the molecule is CC(=O)Cc1ccc(OCc2nonc2C)cc1. The van der Waals surface area contributed by atoms with Gasteiger partial charge in [0.05, 0.1) is 0 Å². The number of Topliss-reactive ketones (excluding diaryl/α,β-unsaturated/α-hetero) is 1. The number of ketones is 1. The normalized spacial score (nSPS) is 10.3. The molecular formula is C13H14N2O3. The Bertz CT molecular complexity index is 531. The van der Waals surface area contributed by atoms with E-state index in [9.17, 15) is 4.79 Å². The monoisotopic (exact) mass is 246 g/mol. The third-order valence-corrected chi connectivity index (χ3v) is 2.50. The van der Waals surface area contributed by atoms with Crippen molar-refractivity contribution in [3.05, 3.63) is 41.2 Å². The lowest BCUT2D eigenvalue weighted by Gasteiger charge is -2.05. The summed E-state index contributed by atoms with van der Waals surface area (Å²) in [6, 6.07) is 7.43. The standard InChI is InChI=1S/C13H14N2O3/c1-9(16)7-11-3-5-12(6-4-11)17-8-13-10(2)14-18-15-13/h3-6H,7-8H2,1-2H3. The van der Waals surface area contributed by atoms with Crippen LogP contribution in [0, 0.1) is 6.92 Å². The van der Waals surface area contributed by atoms with Gasteiger partial charge in [0.1, 0.15) is 29.5 Å². The Morgan fingerprint density at radius 1 is 1.28 bits per heavy atom. The van der Waals surface area contributed by atoms with Crippen molar-refractivity contribution in [2.75, 3.05) is 0 Å². The van der Waals surface area contributed by atoms with E-state index in [2.05, 4.69) is 14.9 Å². The molecule has 5 nitrogen and oxygen atoms in total. The van der Waals surface area contributed by atoms with E-state index in [0.717, 1.165) is 17.0 Å². The number of carbonyl (C=O) groups is 1. The third kappa shape index (κ3) is 3.16. The Kier molecular flexibility index (Phi) is 3.72. The van der Waals surface area contributed by atoms with Gasteiger partial charge in [0, 0.05) is 6.42 Å². The summed E-state index contributed by atoms with van der Waals surface area (Å²) < 4.78 is 10.1. The molecule has 0 aliphatic rings. The molecule has 0 aliphatic carbocycles. The number of aromatic nitrogens is 2. The van der Waals surface area contributed by atoms with Gasteiger partial charge in [0.15, 0.2) is 0 Å². The lowest BCUT2D eigenvalue weighted by molar-refractivity contribution is -0.116. The van der Waals surface area contributed by atoms with Gasteiger partial charge in [-0.2, -0.15) is 0 Å². The zero-order chi connectivity index (χ0) is 13.0. The number of aryl methyl sites for hydroxylation is 1. The summed E-state index contributed by atoms with van der Waals surface area (Å²) in [7, 11) is 0. The maximum Gasteiger partial charge on any atom is 0.145 e. The van der Waals surface area contributed by atoms with E-state index >= 15 is 0 Å². The first-order chi connectivity index (χ1) is 8.65. The lowest BCUT2D eigenvalue weighted by Crippen LogP contribution is -1.99. The van der Waals surface area contributed by atoms with Crippen LogP contribution < -0.4 is 4.74 Å². The molecular weight excluding hydrogens is 232 g/mol. The number of nitrogens with zero attached hydrogens (tertiary/aromatic N) is 2. The maximum absolute atomic E-state index is 11.0. The molecule has 5 heteroatoms. The van der Waals surface area contributed by atoms with Crippen LogP contribution >= 0.6 is 0 Å². The van der Waals surface area contributed by atoms with Gasteiger partial charge in [-0.05, 0) is 31.5 Å². The molecule has 0 radical (unpaired) electrons. The van der Waals surface area contributed by atoms with Gasteiger partial charge < -0.3 is 4.74 Å². The minimum absolute atomic E-state index is 0.146. The Morgan fingerprint density at radius 2 is 2.00 bits per heavy atom. The van der Waals surface area contributed by atoms with E-state index in [0.29, 0.717) is 18.7 Å². The van der Waals surface area contributed by atoms with Crippen LogP contribution in [0.5, 0.6) is 5.75 Å². The van der Waals surface area contributed by atoms with Gasteiger partial charge in [-0.25, -0.2) is 4.63 Å². The fraction of sp³-hybridized carbons (Fsp3) is 0.308. The number of hydrogen-bond donors (Lipinski definition) is 0. The highest BCUT2D eigenvalue weighted by Gasteiger charge is 2.05. The van der Waals surface area contributed by atoms with Crippen molar-refractivity contribution >= 4 is 5.78 Å². The molecule has 0 saturated carbocycles. The second kappa shape index (κ2) is 5.44. The molecule has 0 aliphatic heterocycles. The van der Waals surface area contributed by atoms with Crippen LogP contribution in [-0.4, -0.2) is 16.1 Å². The summed E-state index contributed by atoms with van der Waals surface area (Å²) >= 11 is 0. The van der Waals surface area contributed by atoms with Crippen molar-refractivity contribution in [3.63, 3.8) is 0 Å². The molecule has 2 rings (SSSR count). The molecule has 0 atom stereocenters. The molecule has 1 heterocycles. The molecule has 1 aromatic carbocycles. The van der Waals surface area contributed by atoms with Crippen molar-refractivity contribution < 1.29 is 14.2 Å². The zero-order valence-corrected chi connectivity index (χ0v) is 10.3. The largest absolute Gasteiger partial charge is 0.487 e. The average molecular weight is 246 g/mol. The summed E-state index contributed by atoms with van der Waals surface area (Å²) in [4.78, 5) is 11.0. The molecule has 0 saturated heterocycles. The highest BCUT2D eigenvalue weighted by Crippen LogP contribution is 2.14. The highest BCUT2D eigenvalue weighted by molar-refractivity contribution is 5.78. The molecule has 94 valence electrons. The molecule has 0 spiro atoms. The molecule has 1 aromatic heterocycles. The molecule has 0 unspecified atom stereocenters. The Labute approximate surface area is 105 Å². The van der Waals surface area contributed by atoms with Gasteiger partial charge in [0.25, 0.3) is 0 Å². The predicted octanol–water partition coefficient (Wildman–Crippen LogP) is 2.09. The summed E-state index contributed by atoms with van der Waals surface area (Å²) in [5.74, 6) is 0.873. The summed E-state index contributed by atoms with van der Waals surface area (Å²) in [6.45, 7) is 3.71. The van der Waals surface area contributed by atoms with E-state index in [1.54, 1.807) is 6.92 Å². The molecule has 0 amide bonds. The first kappa shape index (κ1) is 12.3. The number of benzene rings is 1. The third-order valence-electron chi connectivity index (χ3n) is 2.50. The summed E-state index contributed by atoms with van der Waals surface area (Å²) in [5, 5.41) is 7.40. The van der Waals surface area contributed by atoms with Crippen LogP contribution in [0.25, 0.3) is 0 Å². The number of hydrogen-bond acceptors (Lipinski definition) is 5. The molecule has 18 heavy (non-hydrogen) atoms. The smallest absolute Gasteiger partial charge is 0.145 e. The van der Waals surface area contributed by atoms with Gasteiger partial charge in [-0.3, -0.25) is 4.79 Å². The topological polar surface area (TPSA) is 65.2 Å². The van der Waals surface area contributed by atoms with Crippen molar-refractivity contribution in [3.8, 4) is 5.75 Å². The molecule has 0 N–H and O–H groups in total. The van der Waals surface area contributed by atoms with Gasteiger partial charge in [-0.1, -0.05) is 22.4 Å². The Hall–Kier alpha value is -2.17. The number of carbonyl (C=O) groups excluding carboxylic acids is 1. The van der Waals surface area contributed by atoms with Crippen LogP contribution in [0.2, 0.25) is 0 Å². The van der Waals surface area contributed by atoms with Gasteiger partial charge >= 0.3 is 0 Å². The van der Waals surface area contributed by atoms with Gasteiger partial charge in [0.2, 0.25) is 0 Å². The van der Waals surface area contributed by atoms with E-state index in [1.807, 2.05) is 31.2 Å². The van der Waals surface area contributed by atoms with Crippen LogP contribution in [0.4, 0.5) is 0 Å². The highest BCUT2D eigenvalue weighted by atomic mass is 16.6. The van der Waals surface area contributed by atoms with Crippen LogP contribution in [0.1, 0.15) is 23.9 Å². The second-order valence-electron chi connectivity index (χ2n) is 4.11. The van der Waals surface area contributed by atoms with E-state index in [4.69, 9.17) is 4.74 Å². The summed E-state index contributed by atoms with van der Waals surface area (Å²) in [6.07, 6.45) is 0.451. The molecule has 0 bridgehead atoms. The zero-order valence-electron chi connectivity index (χ0n) is 10.3. The Morgan fingerprint density at radius 3 is 2.56 bits per heavy atom. The van der Waals surface area contributed by atoms with Crippen molar-refractivity contribution in [2.24, 2.45) is 0 Å². The van der Waals surface area contributed by atoms with Crippen LogP contribution in [0.15, 0.2) is 28.9 Å². The Balaban J connectivity index is 1.94. The van der Waals surface area contributed by atoms with Crippen LogP contribution in [-0.2, 0) is 17.8 Å². The van der Waals surface area contributed by atoms with Crippen LogP contribution in [0.3, 0.4) is 0 Å². The van der Waals surface area contributed by atoms with E-state index < -0.39 is 0 Å². The van der Waals surface area contributed by atoms with Crippen molar-refractivity contribution in [1.82, 2.24) is 10.3 Å². The van der Waals surface area contributed by atoms with E-state index in [1.165, 1.54) is 0 Å². The van der Waals surface area contributed by atoms with Crippen molar-refractivity contribution in [2.45, 2.75) is 26.9 Å². The second-order valence-corrected chi connectivity index (χ2v) is 4.11. The lowest BCUT2D eigenvalue weighted by atomic mass is 10.1. The van der Waals surface area contributed by atoms with Gasteiger partial charge in [-0.15, -0.1) is 0 Å². The minimum atomic E-state index is 0.146. The van der Waals surface area contributed by atoms with E-state index in [-0.39, 0.29) is 5.78 Å². The quantitative estimate of drug-likeness (QED) is 0.808. The fourth-order valence-corrected chi connectivity index (χ4v) is 1.52. The molecule has 2 aromatic rings. The minimum Gasteiger partial charge on any atom is -0.487 e. The van der Waals surface area contributed by atoms with Crippen molar-refractivity contribution in [1.29, 1.82) is 0 Å². The fourth-order valence-electron chi connectivity index (χ4n) is 1.52. The number of ether oxygens (including phenoxy) is 1. The first-order valence-electron chi connectivity index (χ1n) is 5.64. The maximum atomic E-state index is 11.0. The average Bonchev–Trinajstić information content (AvgIpc) is 2.73. The summed E-state index contributed by atoms with van der Waals surface area (Å²) in [5.41, 5.74) is 2.39. The predicted molar refractivity (Wildman–Crippen MR) is 64.2 cm³/mol. The molecule has 0 fully saturated rings. The number of rotatable bonds is 5.